The summed E-state index contributed by atoms with van der Waals surface area (Å²) in [6.07, 6.45) is 1.68. The van der Waals surface area contributed by atoms with Gasteiger partial charge in [0, 0.05) is 19.8 Å². The molecule has 0 fully saturated rings. The van der Waals surface area contributed by atoms with Gasteiger partial charge in [0.1, 0.15) is 5.76 Å². The highest BCUT2D eigenvalue weighted by molar-refractivity contribution is 6.36. The molecule has 1 aliphatic heterocycles. The third kappa shape index (κ3) is 6.06. The van der Waals surface area contributed by atoms with E-state index in [0.717, 1.165) is 17.1 Å². The van der Waals surface area contributed by atoms with Crippen molar-refractivity contribution < 1.29 is 22.9 Å². The number of nitrogens with one attached hydrogen (secondary N) is 1. The highest BCUT2D eigenvalue weighted by Crippen LogP contribution is 2.27. The summed E-state index contributed by atoms with van der Waals surface area (Å²) in [5.41, 5.74) is 3.63. The standard InChI is InChI=1S/C9H9NO2.C6H16O3Si/c1-11-9-6-10-12-8-5-3-2-4-7(8)9;1-4-7-10(8-5-2)9-6-3/h2-6,10H,1H3;10H,4-6H2,1-3H3. The molecule has 1 aromatic carbocycles. The number of methoxy groups -OCH3 is 1. The van der Waals surface area contributed by atoms with Gasteiger partial charge in [-0.05, 0) is 32.9 Å². The molecule has 0 saturated carbocycles. The Labute approximate surface area is 133 Å². The van der Waals surface area contributed by atoms with Crippen molar-refractivity contribution >= 4 is 15.3 Å². The highest BCUT2D eigenvalue weighted by Gasteiger charge is 2.12. The van der Waals surface area contributed by atoms with Gasteiger partial charge < -0.3 is 22.9 Å². The summed E-state index contributed by atoms with van der Waals surface area (Å²) in [4.78, 5) is 5.15. The van der Waals surface area contributed by atoms with Gasteiger partial charge in [-0.1, -0.05) is 12.1 Å². The number of para-hydroxylation sites is 1. The van der Waals surface area contributed by atoms with Crippen molar-refractivity contribution in [2.75, 3.05) is 26.9 Å². The van der Waals surface area contributed by atoms with E-state index in [-0.39, 0.29) is 0 Å². The lowest BCUT2D eigenvalue weighted by atomic mass is 10.1. The second-order valence-corrected chi connectivity index (χ2v) is 5.66. The summed E-state index contributed by atoms with van der Waals surface area (Å²) in [5.74, 6) is 1.58. The molecule has 7 heteroatoms. The van der Waals surface area contributed by atoms with Gasteiger partial charge in [-0.3, -0.25) is 0 Å². The minimum Gasteiger partial charge on any atom is -0.494 e. The molecule has 0 saturated heterocycles. The van der Waals surface area contributed by atoms with Crippen LogP contribution in [0.3, 0.4) is 0 Å². The average Bonchev–Trinajstić information content (AvgIpc) is 2.56. The zero-order chi connectivity index (χ0) is 16.2. The van der Waals surface area contributed by atoms with Crippen molar-refractivity contribution in [3.63, 3.8) is 0 Å². The first-order chi connectivity index (χ1) is 10.8. The van der Waals surface area contributed by atoms with Crippen LogP contribution in [0.2, 0.25) is 0 Å². The topological polar surface area (TPSA) is 58.2 Å². The molecule has 6 nitrogen and oxygen atoms in total. The lowest BCUT2D eigenvalue weighted by Gasteiger charge is -2.17. The predicted octanol–water partition coefficient (Wildman–Crippen LogP) is 2.34. The van der Waals surface area contributed by atoms with Crippen LogP contribution in [0.5, 0.6) is 5.75 Å². The van der Waals surface area contributed by atoms with Gasteiger partial charge in [-0.15, -0.1) is 0 Å². The molecule has 0 unspecified atom stereocenters. The van der Waals surface area contributed by atoms with Crippen LogP contribution in [0.25, 0.3) is 5.76 Å². The molecule has 0 amide bonds. The number of rotatable bonds is 7. The molecule has 1 heterocycles. The summed E-state index contributed by atoms with van der Waals surface area (Å²) >= 11 is 0. The minimum absolute atomic E-state index is 0.677. The lowest BCUT2D eigenvalue weighted by Crippen LogP contribution is -2.27. The molecular weight excluding hydrogens is 302 g/mol. The van der Waals surface area contributed by atoms with Gasteiger partial charge >= 0.3 is 9.53 Å². The molecule has 0 aromatic heterocycles. The second kappa shape index (κ2) is 11.1. The fourth-order valence-electron chi connectivity index (χ4n) is 1.70. The van der Waals surface area contributed by atoms with Crippen molar-refractivity contribution in [3.8, 4) is 5.75 Å². The molecule has 2 rings (SSSR count). The van der Waals surface area contributed by atoms with Crippen molar-refractivity contribution in [2.45, 2.75) is 20.8 Å². The number of hydrogen-bond acceptors (Lipinski definition) is 6. The van der Waals surface area contributed by atoms with Crippen molar-refractivity contribution in [2.24, 2.45) is 0 Å². The van der Waals surface area contributed by atoms with E-state index in [0.29, 0.717) is 19.8 Å². The van der Waals surface area contributed by atoms with E-state index in [1.165, 1.54) is 0 Å². The molecule has 0 atom stereocenters. The van der Waals surface area contributed by atoms with Gasteiger partial charge in [0.05, 0.1) is 18.9 Å². The van der Waals surface area contributed by atoms with Crippen LogP contribution < -0.4 is 10.3 Å². The summed E-state index contributed by atoms with van der Waals surface area (Å²) in [6.45, 7) is 7.86. The molecule has 0 spiro atoms. The maximum Gasteiger partial charge on any atom is 0.484 e. The normalized spacial score (nSPS) is 12.3. The van der Waals surface area contributed by atoms with Crippen molar-refractivity contribution in [1.29, 1.82) is 0 Å². The molecule has 0 radical (unpaired) electrons. The monoisotopic (exact) mass is 327 g/mol. The average molecular weight is 327 g/mol. The third-order valence-corrected chi connectivity index (χ3v) is 4.46. The Hall–Kier alpha value is -1.54. The van der Waals surface area contributed by atoms with Crippen LogP contribution in [0.1, 0.15) is 26.3 Å². The Morgan fingerprint density at radius 1 is 1.00 bits per heavy atom. The Kier molecular flexibility index (Phi) is 9.32. The Bertz CT molecular complexity index is 441. The summed E-state index contributed by atoms with van der Waals surface area (Å²) in [6, 6.07) is 7.69. The molecule has 124 valence electrons. The summed E-state index contributed by atoms with van der Waals surface area (Å²) < 4.78 is 20.8. The summed E-state index contributed by atoms with van der Waals surface area (Å²) in [5, 5.41) is 0. The zero-order valence-corrected chi connectivity index (χ0v) is 14.8. The van der Waals surface area contributed by atoms with Crippen molar-refractivity contribution in [1.82, 2.24) is 5.48 Å². The molecule has 1 aromatic rings. The molecule has 1 aliphatic rings. The van der Waals surface area contributed by atoms with Crippen LogP contribution in [0.4, 0.5) is 0 Å². The van der Waals surface area contributed by atoms with Crippen molar-refractivity contribution in [3.05, 3.63) is 36.0 Å². The maximum atomic E-state index is 5.22. The molecule has 22 heavy (non-hydrogen) atoms. The van der Waals surface area contributed by atoms with Crippen LogP contribution in [-0.4, -0.2) is 36.5 Å². The maximum absolute atomic E-state index is 5.22. The second-order valence-electron chi connectivity index (χ2n) is 4.08. The van der Waals surface area contributed by atoms with E-state index in [2.05, 4.69) is 5.48 Å². The number of ether oxygens (including phenoxy) is 1. The van der Waals surface area contributed by atoms with Crippen LogP contribution in [0, 0.1) is 0 Å². The predicted molar refractivity (Wildman–Crippen MR) is 87.2 cm³/mol. The van der Waals surface area contributed by atoms with E-state index in [9.17, 15) is 0 Å². The smallest absolute Gasteiger partial charge is 0.484 e. The van der Waals surface area contributed by atoms with Gasteiger partial charge in [0.2, 0.25) is 0 Å². The molecule has 1 N–H and O–H groups in total. The number of hydroxylamine groups is 1. The van der Waals surface area contributed by atoms with E-state index in [4.69, 9.17) is 22.9 Å². The Morgan fingerprint density at radius 2 is 1.59 bits per heavy atom. The molecular formula is C15H25NO5Si. The number of hydrogen-bond donors (Lipinski definition) is 1. The number of benzene rings is 1. The summed E-state index contributed by atoms with van der Waals surface area (Å²) in [7, 11) is -0.0993. The zero-order valence-electron chi connectivity index (χ0n) is 13.6. The van der Waals surface area contributed by atoms with Gasteiger partial charge in [-0.25, -0.2) is 5.48 Å². The highest BCUT2D eigenvalue weighted by atomic mass is 28.3. The minimum atomic E-state index is -1.73. The molecule has 0 bridgehead atoms. The van der Waals surface area contributed by atoms with E-state index in [1.807, 2.05) is 45.0 Å². The first-order valence-electron chi connectivity index (χ1n) is 7.37. The van der Waals surface area contributed by atoms with Gasteiger partial charge in [0.25, 0.3) is 0 Å². The first kappa shape index (κ1) is 18.5. The van der Waals surface area contributed by atoms with E-state index >= 15 is 0 Å². The van der Waals surface area contributed by atoms with Gasteiger partial charge in [-0.2, -0.15) is 0 Å². The Balaban J connectivity index is 0.000000225. The Morgan fingerprint density at radius 3 is 2.14 bits per heavy atom. The number of fused-ring (bicyclic) bond motifs is 1. The molecule has 0 aliphatic carbocycles. The fourth-order valence-corrected chi connectivity index (χ4v) is 2.81. The largest absolute Gasteiger partial charge is 0.494 e. The third-order valence-electron chi connectivity index (χ3n) is 2.64. The van der Waals surface area contributed by atoms with Crippen LogP contribution in [-0.2, 0) is 18.0 Å². The van der Waals surface area contributed by atoms with Crippen LogP contribution >= 0.6 is 0 Å². The lowest BCUT2D eigenvalue weighted by molar-refractivity contribution is 0.107. The van der Waals surface area contributed by atoms with Crippen LogP contribution in [0.15, 0.2) is 30.5 Å². The quantitative estimate of drug-likeness (QED) is 0.776. The van der Waals surface area contributed by atoms with E-state index in [1.54, 1.807) is 13.3 Å². The SMILES string of the molecule is CCO[SiH](OCC)OCC.COC1=CNOc2ccccc21. The van der Waals surface area contributed by atoms with E-state index < -0.39 is 9.53 Å². The van der Waals surface area contributed by atoms with Gasteiger partial charge in [0.15, 0.2) is 5.75 Å². The first-order valence-corrected chi connectivity index (χ1v) is 8.78. The fraction of sp³-hybridized carbons (Fsp3) is 0.467.